The third kappa shape index (κ3) is 2.10. The van der Waals surface area contributed by atoms with Gasteiger partial charge in [0.1, 0.15) is 5.75 Å². The molecule has 0 aliphatic carbocycles. The molecule has 0 atom stereocenters. The summed E-state index contributed by atoms with van der Waals surface area (Å²) in [4.78, 5) is 4.27. The maximum Gasteiger partial charge on any atom is 0.172 e. The normalized spacial score (nSPS) is 10.4. The van der Waals surface area contributed by atoms with Crippen molar-refractivity contribution in [3.8, 4) is 11.4 Å². The largest absolute Gasteiger partial charge is 0.495 e. The van der Waals surface area contributed by atoms with E-state index in [4.69, 9.17) is 4.74 Å². The van der Waals surface area contributed by atoms with E-state index in [0.29, 0.717) is 0 Å². The van der Waals surface area contributed by atoms with Crippen molar-refractivity contribution in [2.24, 2.45) is 0 Å². The number of rotatable bonds is 3. The van der Waals surface area contributed by atoms with Crippen molar-refractivity contribution >= 4 is 27.7 Å². The van der Waals surface area contributed by atoms with Crippen molar-refractivity contribution in [3.63, 3.8) is 0 Å². The number of ether oxygens (including phenoxy) is 1. The summed E-state index contributed by atoms with van der Waals surface area (Å²) in [5.74, 6) is 0.822. The average molecular weight is 299 g/mol. The molecule has 0 radical (unpaired) electrons. The van der Waals surface area contributed by atoms with Gasteiger partial charge in [-0.3, -0.25) is 4.57 Å². The summed E-state index contributed by atoms with van der Waals surface area (Å²) < 4.78 is 8.37. The molecule has 84 valence electrons. The monoisotopic (exact) mass is 298 g/mol. The quantitative estimate of drug-likeness (QED) is 0.813. The van der Waals surface area contributed by atoms with Gasteiger partial charge in [0.2, 0.25) is 0 Å². The highest BCUT2D eigenvalue weighted by molar-refractivity contribution is 9.10. The SMILES string of the molecule is COc1cc(Br)ccc1-n1ccnc1SC. The third-order valence-electron chi connectivity index (χ3n) is 2.19. The van der Waals surface area contributed by atoms with E-state index in [1.54, 1.807) is 25.1 Å². The first-order chi connectivity index (χ1) is 7.76. The minimum atomic E-state index is 0.822. The number of imidazole rings is 1. The zero-order chi connectivity index (χ0) is 11.5. The second-order valence-corrected chi connectivity index (χ2v) is 4.79. The minimum Gasteiger partial charge on any atom is -0.495 e. The lowest BCUT2D eigenvalue weighted by molar-refractivity contribution is 0.412. The van der Waals surface area contributed by atoms with E-state index in [-0.39, 0.29) is 0 Å². The molecule has 0 fully saturated rings. The Bertz CT molecular complexity index is 498. The van der Waals surface area contributed by atoms with Crippen LogP contribution in [0.1, 0.15) is 0 Å². The molecule has 0 spiro atoms. The number of hydrogen-bond donors (Lipinski definition) is 0. The van der Waals surface area contributed by atoms with Crippen LogP contribution in [-0.2, 0) is 0 Å². The Morgan fingerprint density at radius 1 is 1.44 bits per heavy atom. The van der Waals surface area contributed by atoms with Gasteiger partial charge >= 0.3 is 0 Å². The van der Waals surface area contributed by atoms with Crippen molar-refractivity contribution in [1.82, 2.24) is 9.55 Å². The zero-order valence-corrected chi connectivity index (χ0v) is 11.4. The predicted octanol–water partition coefficient (Wildman–Crippen LogP) is 3.37. The van der Waals surface area contributed by atoms with E-state index in [0.717, 1.165) is 21.1 Å². The highest BCUT2D eigenvalue weighted by atomic mass is 79.9. The minimum absolute atomic E-state index is 0.822. The summed E-state index contributed by atoms with van der Waals surface area (Å²) >= 11 is 5.03. The highest BCUT2D eigenvalue weighted by Crippen LogP contribution is 2.29. The molecular formula is C11H11BrN2OS. The summed E-state index contributed by atoms with van der Waals surface area (Å²) in [5, 5.41) is 0.945. The summed E-state index contributed by atoms with van der Waals surface area (Å²) in [6.45, 7) is 0. The lowest BCUT2D eigenvalue weighted by atomic mass is 10.3. The Labute approximate surface area is 107 Å². The Balaban J connectivity index is 2.55. The molecule has 16 heavy (non-hydrogen) atoms. The number of hydrogen-bond acceptors (Lipinski definition) is 3. The Kier molecular flexibility index (Phi) is 3.56. The van der Waals surface area contributed by atoms with Gasteiger partial charge in [0.05, 0.1) is 12.8 Å². The first kappa shape index (κ1) is 11.5. The first-order valence-electron chi connectivity index (χ1n) is 4.67. The number of aromatic nitrogens is 2. The van der Waals surface area contributed by atoms with Crippen LogP contribution in [0.2, 0.25) is 0 Å². The number of benzene rings is 1. The zero-order valence-electron chi connectivity index (χ0n) is 8.98. The molecule has 1 heterocycles. The molecule has 0 unspecified atom stereocenters. The molecule has 1 aromatic carbocycles. The maximum atomic E-state index is 5.36. The molecule has 0 saturated heterocycles. The fourth-order valence-electron chi connectivity index (χ4n) is 1.47. The lowest BCUT2D eigenvalue weighted by Gasteiger charge is -2.11. The van der Waals surface area contributed by atoms with Crippen LogP contribution in [0.4, 0.5) is 0 Å². The summed E-state index contributed by atoms with van der Waals surface area (Å²) in [6, 6.07) is 5.94. The molecule has 0 aliphatic rings. The fourth-order valence-corrected chi connectivity index (χ4v) is 2.34. The van der Waals surface area contributed by atoms with Crippen LogP contribution in [0.3, 0.4) is 0 Å². The smallest absolute Gasteiger partial charge is 0.172 e. The van der Waals surface area contributed by atoms with Crippen LogP contribution in [-0.4, -0.2) is 22.9 Å². The van der Waals surface area contributed by atoms with E-state index >= 15 is 0 Å². The van der Waals surface area contributed by atoms with Crippen molar-refractivity contribution in [1.29, 1.82) is 0 Å². The van der Waals surface area contributed by atoms with Crippen LogP contribution in [0, 0.1) is 0 Å². The Morgan fingerprint density at radius 3 is 2.94 bits per heavy atom. The molecule has 5 heteroatoms. The maximum absolute atomic E-state index is 5.36. The van der Waals surface area contributed by atoms with Gasteiger partial charge in [-0.1, -0.05) is 27.7 Å². The van der Waals surface area contributed by atoms with Crippen LogP contribution < -0.4 is 4.74 Å². The van der Waals surface area contributed by atoms with E-state index in [9.17, 15) is 0 Å². The van der Waals surface area contributed by atoms with E-state index in [1.165, 1.54) is 0 Å². The second kappa shape index (κ2) is 4.93. The topological polar surface area (TPSA) is 27.1 Å². The Hall–Kier alpha value is -0.940. The van der Waals surface area contributed by atoms with Crippen LogP contribution in [0.5, 0.6) is 5.75 Å². The molecule has 0 N–H and O–H groups in total. The number of methoxy groups -OCH3 is 1. The van der Waals surface area contributed by atoms with Gasteiger partial charge in [0.25, 0.3) is 0 Å². The standard InChI is InChI=1S/C11H11BrN2OS/c1-15-10-7-8(12)3-4-9(10)14-6-5-13-11(14)16-2/h3-7H,1-2H3. The van der Waals surface area contributed by atoms with Gasteiger partial charge in [-0.15, -0.1) is 0 Å². The van der Waals surface area contributed by atoms with E-state index < -0.39 is 0 Å². The van der Waals surface area contributed by atoms with Gasteiger partial charge in [-0.2, -0.15) is 0 Å². The first-order valence-corrected chi connectivity index (χ1v) is 6.69. The van der Waals surface area contributed by atoms with Crippen molar-refractivity contribution in [2.45, 2.75) is 5.16 Å². The van der Waals surface area contributed by atoms with E-state index in [2.05, 4.69) is 20.9 Å². The summed E-state index contributed by atoms with van der Waals surface area (Å²) in [6.07, 6.45) is 5.72. The van der Waals surface area contributed by atoms with Crippen molar-refractivity contribution in [3.05, 3.63) is 35.1 Å². The predicted molar refractivity (Wildman–Crippen MR) is 69.6 cm³/mol. The summed E-state index contributed by atoms with van der Waals surface area (Å²) in [7, 11) is 1.67. The molecule has 0 amide bonds. The molecule has 0 bridgehead atoms. The molecule has 1 aromatic heterocycles. The molecule has 0 aliphatic heterocycles. The molecule has 2 aromatic rings. The van der Waals surface area contributed by atoms with Crippen LogP contribution >= 0.6 is 27.7 Å². The average Bonchev–Trinajstić information content (AvgIpc) is 2.76. The van der Waals surface area contributed by atoms with Gasteiger partial charge in [-0.05, 0) is 24.5 Å². The molecular weight excluding hydrogens is 288 g/mol. The molecule has 3 nitrogen and oxygen atoms in total. The fraction of sp³-hybridized carbons (Fsp3) is 0.182. The van der Waals surface area contributed by atoms with Crippen molar-refractivity contribution < 1.29 is 4.74 Å². The molecule has 0 saturated carbocycles. The second-order valence-electron chi connectivity index (χ2n) is 3.10. The number of halogens is 1. The lowest BCUT2D eigenvalue weighted by Crippen LogP contribution is -1.98. The van der Waals surface area contributed by atoms with Gasteiger partial charge in [-0.25, -0.2) is 4.98 Å². The van der Waals surface area contributed by atoms with Gasteiger partial charge in [0.15, 0.2) is 5.16 Å². The number of nitrogens with zero attached hydrogens (tertiary/aromatic N) is 2. The molecule has 2 rings (SSSR count). The van der Waals surface area contributed by atoms with Crippen LogP contribution in [0.25, 0.3) is 5.69 Å². The highest BCUT2D eigenvalue weighted by Gasteiger charge is 2.09. The van der Waals surface area contributed by atoms with Crippen LogP contribution in [0.15, 0.2) is 40.2 Å². The van der Waals surface area contributed by atoms with Gasteiger partial charge in [0, 0.05) is 16.9 Å². The van der Waals surface area contributed by atoms with Crippen molar-refractivity contribution in [2.75, 3.05) is 13.4 Å². The third-order valence-corrected chi connectivity index (χ3v) is 3.35. The Morgan fingerprint density at radius 2 is 2.25 bits per heavy atom. The summed E-state index contributed by atoms with van der Waals surface area (Å²) in [5.41, 5.74) is 0.993. The number of thioether (sulfide) groups is 1. The van der Waals surface area contributed by atoms with E-state index in [1.807, 2.05) is 35.2 Å². The van der Waals surface area contributed by atoms with Gasteiger partial charge < -0.3 is 4.74 Å².